The zero-order valence-electron chi connectivity index (χ0n) is 15.4. The van der Waals surface area contributed by atoms with Crippen molar-refractivity contribution in [3.05, 3.63) is 64.7 Å². The number of aromatic nitrogens is 1. The minimum Gasteiger partial charge on any atom is -0.459 e. The Morgan fingerprint density at radius 2 is 1.97 bits per heavy atom. The average Bonchev–Trinajstić information content (AvgIpc) is 2.66. The van der Waals surface area contributed by atoms with Gasteiger partial charge in [-0.3, -0.25) is 9.78 Å². The molecule has 0 saturated heterocycles. The molecule has 1 aliphatic rings. The minimum absolute atomic E-state index is 0.00691. The van der Waals surface area contributed by atoms with Crippen molar-refractivity contribution >= 4 is 11.8 Å². The second kappa shape index (κ2) is 7.29. The van der Waals surface area contributed by atoms with Crippen LogP contribution < -0.4 is 5.73 Å². The van der Waals surface area contributed by atoms with Gasteiger partial charge < -0.3 is 10.5 Å². The molecule has 0 spiro atoms. The summed E-state index contributed by atoms with van der Waals surface area (Å²) in [5, 5.41) is 0. The molecule has 11 heteroatoms. The summed E-state index contributed by atoms with van der Waals surface area (Å²) in [6.45, 7) is -0.183. The highest BCUT2D eigenvalue weighted by molar-refractivity contribution is 5.97. The Morgan fingerprint density at radius 3 is 2.63 bits per heavy atom. The van der Waals surface area contributed by atoms with E-state index in [1.54, 1.807) is 0 Å². The minimum atomic E-state index is -4.81. The van der Waals surface area contributed by atoms with Gasteiger partial charge in [-0.1, -0.05) is 6.07 Å². The monoisotopic (exact) mass is 431 g/mol. The second-order valence-corrected chi connectivity index (χ2v) is 6.83. The SMILES string of the molecule is C[C@]1(c2cc(CC(=O)c3ncccc3C(F)(F)F)ccc2F)N=C(N)OCC1(F)F. The maximum absolute atomic E-state index is 14.5. The van der Waals surface area contributed by atoms with E-state index in [1.807, 2.05) is 0 Å². The predicted molar refractivity (Wildman–Crippen MR) is 93.5 cm³/mol. The topological polar surface area (TPSA) is 77.6 Å². The van der Waals surface area contributed by atoms with Crippen LogP contribution in [0.5, 0.6) is 0 Å². The third-order valence-corrected chi connectivity index (χ3v) is 4.74. The normalized spacial score (nSPS) is 21.0. The van der Waals surface area contributed by atoms with Crippen LogP contribution in [0.2, 0.25) is 0 Å². The van der Waals surface area contributed by atoms with Gasteiger partial charge >= 0.3 is 12.1 Å². The molecule has 2 aromatic rings. The Bertz CT molecular complexity index is 1020. The predicted octanol–water partition coefficient (Wildman–Crippen LogP) is 3.86. The van der Waals surface area contributed by atoms with Gasteiger partial charge in [-0.05, 0) is 36.8 Å². The molecule has 2 heterocycles. The number of pyridine rings is 1. The Morgan fingerprint density at radius 1 is 1.27 bits per heavy atom. The lowest BCUT2D eigenvalue weighted by Crippen LogP contribution is -2.51. The van der Waals surface area contributed by atoms with Gasteiger partial charge in [-0.15, -0.1) is 0 Å². The quantitative estimate of drug-likeness (QED) is 0.589. The summed E-state index contributed by atoms with van der Waals surface area (Å²) in [5.74, 6) is -5.68. The van der Waals surface area contributed by atoms with Gasteiger partial charge in [0.25, 0.3) is 6.02 Å². The fourth-order valence-electron chi connectivity index (χ4n) is 3.08. The molecular weight excluding hydrogens is 416 g/mol. The number of carbonyl (C=O) groups excluding carboxylic acids is 1. The first-order chi connectivity index (χ1) is 13.8. The number of hydrogen-bond donors (Lipinski definition) is 1. The smallest absolute Gasteiger partial charge is 0.418 e. The first-order valence-electron chi connectivity index (χ1n) is 8.55. The van der Waals surface area contributed by atoms with Crippen LogP contribution in [-0.2, 0) is 22.9 Å². The number of amidine groups is 1. The van der Waals surface area contributed by atoms with Crippen LogP contribution in [0.15, 0.2) is 41.5 Å². The number of rotatable bonds is 4. The molecule has 1 aromatic carbocycles. The summed E-state index contributed by atoms with van der Waals surface area (Å²) in [6.07, 6.45) is -4.40. The van der Waals surface area contributed by atoms with Crippen molar-refractivity contribution in [2.45, 2.75) is 31.0 Å². The highest BCUT2D eigenvalue weighted by Crippen LogP contribution is 2.44. The number of benzene rings is 1. The number of ether oxygens (including phenoxy) is 1. The molecule has 0 aliphatic carbocycles. The molecule has 1 aromatic heterocycles. The van der Waals surface area contributed by atoms with E-state index >= 15 is 0 Å². The number of alkyl halides is 5. The van der Waals surface area contributed by atoms with Crippen molar-refractivity contribution in [2.24, 2.45) is 10.7 Å². The Kier molecular flexibility index (Phi) is 5.25. The number of halogens is 6. The van der Waals surface area contributed by atoms with Gasteiger partial charge in [-0.2, -0.15) is 22.0 Å². The van der Waals surface area contributed by atoms with Crippen LogP contribution in [0.3, 0.4) is 0 Å². The summed E-state index contributed by atoms with van der Waals surface area (Å²) in [6, 6.07) is 4.08. The summed E-state index contributed by atoms with van der Waals surface area (Å²) >= 11 is 0. The van der Waals surface area contributed by atoms with Crippen LogP contribution in [0.25, 0.3) is 0 Å². The lowest BCUT2D eigenvalue weighted by atomic mass is 9.84. The van der Waals surface area contributed by atoms with Gasteiger partial charge in [0.15, 0.2) is 17.9 Å². The third-order valence-electron chi connectivity index (χ3n) is 4.74. The molecule has 1 atom stereocenters. The van der Waals surface area contributed by atoms with E-state index in [9.17, 15) is 31.1 Å². The molecule has 3 rings (SSSR count). The van der Waals surface area contributed by atoms with Crippen molar-refractivity contribution in [2.75, 3.05) is 6.61 Å². The van der Waals surface area contributed by atoms with Crippen LogP contribution in [0, 0.1) is 5.82 Å². The summed E-state index contributed by atoms with van der Waals surface area (Å²) < 4.78 is 87.3. The summed E-state index contributed by atoms with van der Waals surface area (Å²) in [7, 11) is 0. The molecule has 0 unspecified atom stereocenters. The molecule has 30 heavy (non-hydrogen) atoms. The Hall–Kier alpha value is -3.11. The number of ketones is 1. The molecule has 2 N–H and O–H groups in total. The van der Waals surface area contributed by atoms with Gasteiger partial charge in [-0.25, -0.2) is 9.38 Å². The van der Waals surface area contributed by atoms with E-state index in [0.29, 0.717) is 6.07 Å². The Labute approximate surface area is 166 Å². The van der Waals surface area contributed by atoms with Crippen molar-refractivity contribution < 1.29 is 35.9 Å². The van der Waals surface area contributed by atoms with E-state index in [0.717, 1.165) is 37.4 Å². The lowest BCUT2D eigenvalue weighted by Gasteiger charge is -2.37. The average molecular weight is 431 g/mol. The van der Waals surface area contributed by atoms with Crippen molar-refractivity contribution in [1.82, 2.24) is 4.98 Å². The van der Waals surface area contributed by atoms with Gasteiger partial charge in [0, 0.05) is 18.2 Å². The van der Waals surface area contributed by atoms with E-state index in [1.165, 1.54) is 0 Å². The summed E-state index contributed by atoms with van der Waals surface area (Å²) in [4.78, 5) is 19.5. The summed E-state index contributed by atoms with van der Waals surface area (Å²) in [5.41, 5.74) is 0.339. The van der Waals surface area contributed by atoms with Crippen LogP contribution in [0.4, 0.5) is 26.3 Å². The van der Waals surface area contributed by atoms with Crippen LogP contribution in [0.1, 0.15) is 34.1 Å². The molecule has 0 saturated carbocycles. The standard InChI is InChI=1S/C19H15F6N3O2/c1-17(18(21,22)9-30-16(26)28-17)12-7-10(4-5-13(12)20)8-14(29)15-11(19(23,24)25)3-2-6-27-15/h2-7H,8-9H2,1H3,(H2,26,28)/t17-/m1/s1. The van der Waals surface area contributed by atoms with Crippen molar-refractivity contribution in [3.63, 3.8) is 0 Å². The number of nitrogens with two attached hydrogens (primary N) is 1. The van der Waals surface area contributed by atoms with E-state index in [4.69, 9.17) is 5.73 Å². The first-order valence-corrected chi connectivity index (χ1v) is 8.55. The lowest BCUT2D eigenvalue weighted by molar-refractivity contribution is -0.138. The molecule has 0 amide bonds. The van der Waals surface area contributed by atoms with Gasteiger partial charge in [0.2, 0.25) is 0 Å². The molecule has 0 bridgehead atoms. The van der Waals surface area contributed by atoms with Crippen molar-refractivity contribution in [3.8, 4) is 0 Å². The number of Topliss-reactive ketones (excluding diaryl/α,β-unsaturated/α-hetero) is 1. The maximum Gasteiger partial charge on any atom is 0.418 e. The maximum atomic E-state index is 14.5. The zero-order valence-corrected chi connectivity index (χ0v) is 15.4. The molecular formula is C19H15F6N3O2. The molecule has 5 nitrogen and oxygen atoms in total. The van der Waals surface area contributed by atoms with E-state index in [-0.39, 0.29) is 5.56 Å². The van der Waals surface area contributed by atoms with E-state index in [2.05, 4.69) is 14.7 Å². The second-order valence-electron chi connectivity index (χ2n) is 6.83. The van der Waals surface area contributed by atoms with Crippen molar-refractivity contribution in [1.29, 1.82) is 0 Å². The van der Waals surface area contributed by atoms with Crippen LogP contribution in [-0.4, -0.2) is 29.3 Å². The number of carbonyl (C=O) groups is 1. The third kappa shape index (κ3) is 3.83. The van der Waals surface area contributed by atoms with Gasteiger partial charge in [0.05, 0.1) is 5.56 Å². The zero-order chi connectivity index (χ0) is 22.3. The molecule has 0 fully saturated rings. The number of aliphatic imine (C=N–C) groups is 1. The fourth-order valence-corrected chi connectivity index (χ4v) is 3.08. The number of hydrogen-bond acceptors (Lipinski definition) is 5. The first kappa shape index (κ1) is 21.6. The van der Waals surface area contributed by atoms with Crippen LogP contribution >= 0.6 is 0 Å². The van der Waals surface area contributed by atoms with Gasteiger partial charge in [0.1, 0.15) is 11.5 Å². The largest absolute Gasteiger partial charge is 0.459 e. The highest BCUT2D eigenvalue weighted by Gasteiger charge is 2.56. The van der Waals surface area contributed by atoms with E-state index < -0.39 is 65.1 Å². The molecule has 0 radical (unpaired) electrons. The number of nitrogens with zero attached hydrogens (tertiary/aromatic N) is 2. The Balaban J connectivity index is 2.00. The fraction of sp³-hybridized carbons (Fsp3) is 0.316. The highest BCUT2D eigenvalue weighted by atomic mass is 19.4. The molecule has 1 aliphatic heterocycles. The molecule has 160 valence electrons.